The minimum atomic E-state index is -0.272. The van der Waals surface area contributed by atoms with Crippen LogP contribution < -0.4 is 4.74 Å². The molecule has 3 aromatic rings. The summed E-state index contributed by atoms with van der Waals surface area (Å²) in [5, 5.41) is 11.4. The van der Waals surface area contributed by atoms with Crippen molar-refractivity contribution in [2.45, 2.75) is 13.3 Å². The largest absolute Gasteiger partial charge is 0.493 e. The summed E-state index contributed by atoms with van der Waals surface area (Å²) in [6, 6.07) is 12.0. The maximum absolute atomic E-state index is 13.0. The van der Waals surface area contributed by atoms with Crippen molar-refractivity contribution in [2.75, 3.05) is 6.61 Å². The number of H-pyrrole nitrogens is 1. The van der Waals surface area contributed by atoms with E-state index in [0.29, 0.717) is 23.6 Å². The summed E-state index contributed by atoms with van der Waals surface area (Å²) in [7, 11) is 0. The molecule has 1 aromatic heterocycles. The first-order valence-corrected chi connectivity index (χ1v) is 9.14. The Morgan fingerprint density at radius 3 is 2.77 bits per heavy atom. The van der Waals surface area contributed by atoms with Gasteiger partial charge in [0.15, 0.2) is 5.82 Å². The number of rotatable bonds is 6. The van der Waals surface area contributed by atoms with Crippen LogP contribution in [-0.2, 0) is 6.42 Å². The third-order valence-electron chi connectivity index (χ3n) is 3.57. The summed E-state index contributed by atoms with van der Waals surface area (Å²) >= 11 is 8.73. The number of benzene rings is 2. The smallest absolute Gasteiger partial charge is 0.216 e. The molecule has 0 aliphatic rings. The van der Waals surface area contributed by atoms with Crippen molar-refractivity contribution in [3.05, 3.63) is 74.5 Å². The highest BCUT2D eigenvalue weighted by Crippen LogP contribution is 2.25. The molecule has 0 aliphatic carbocycles. The van der Waals surface area contributed by atoms with Crippen molar-refractivity contribution in [3.63, 3.8) is 0 Å². The van der Waals surface area contributed by atoms with Gasteiger partial charge in [0.25, 0.3) is 0 Å². The number of halogens is 2. The number of ether oxygens (including phenoxy) is 1. The van der Waals surface area contributed by atoms with Crippen LogP contribution in [0.25, 0.3) is 0 Å². The van der Waals surface area contributed by atoms with Crippen LogP contribution in [-0.4, -0.2) is 27.7 Å². The molecule has 1 heterocycles. The quantitative estimate of drug-likeness (QED) is 0.451. The monoisotopic (exact) mass is 434 g/mol. The van der Waals surface area contributed by atoms with Crippen molar-refractivity contribution in [3.8, 4) is 5.75 Å². The van der Waals surface area contributed by atoms with E-state index in [2.05, 4.69) is 31.2 Å². The van der Waals surface area contributed by atoms with E-state index >= 15 is 0 Å². The van der Waals surface area contributed by atoms with E-state index in [-0.39, 0.29) is 5.82 Å². The fourth-order valence-corrected chi connectivity index (χ4v) is 3.05. The molecule has 0 bridgehead atoms. The molecular formula is C18H16BrFN4OS. The molecule has 0 spiro atoms. The lowest BCUT2D eigenvalue weighted by Crippen LogP contribution is -2.00. The Balaban J connectivity index is 1.82. The van der Waals surface area contributed by atoms with E-state index in [0.717, 1.165) is 21.3 Å². The molecule has 26 heavy (non-hydrogen) atoms. The van der Waals surface area contributed by atoms with Crippen LogP contribution in [0.5, 0.6) is 5.75 Å². The number of hydrogen-bond acceptors (Lipinski definition) is 4. The van der Waals surface area contributed by atoms with Crippen molar-refractivity contribution in [2.24, 2.45) is 5.10 Å². The molecule has 3 rings (SSSR count). The number of aromatic nitrogens is 3. The highest BCUT2D eigenvalue weighted by atomic mass is 79.9. The zero-order valence-electron chi connectivity index (χ0n) is 13.9. The number of nitrogens with one attached hydrogen (secondary N) is 1. The molecule has 0 saturated heterocycles. The summed E-state index contributed by atoms with van der Waals surface area (Å²) in [6.07, 6.45) is 2.18. The first-order chi connectivity index (χ1) is 12.6. The highest BCUT2D eigenvalue weighted by Gasteiger charge is 2.07. The molecule has 0 unspecified atom stereocenters. The van der Waals surface area contributed by atoms with Crippen LogP contribution in [0.15, 0.2) is 52.0 Å². The van der Waals surface area contributed by atoms with E-state index in [1.165, 1.54) is 12.1 Å². The van der Waals surface area contributed by atoms with Gasteiger partial charge in [-0.25, -0.2) is 4.39 Å². The van der Waals surface area contributed by atoms with Crippen molar-refractivity contribution in [1.29, 1.82) is 0 Å². The van der Waals surface area contributed by atoms with Gasteiger partial charge in [0.1, 0.15) is 11.6 Å². The first kappa shape index (κ1) is 18.5. The van der Waals surface area contributed by atoms with Crippen LogP contribution in [0.3, 0.4) is 0 Å². The predicted octanol–water partition coefficient (Wildman–Crippen LogP) is 4.71. The average molecular weight is 435 g/mol. The van der Waals surface area contributed by atoms with Gasteiger partial charge >= 0.3 is 0 Å². The van der Waals surface area contributed by atoms with E-state index in [4.69, 9.17) is 17.0 Å². The molecule has 0 aliphatic heterocycles. The van der Waals surface area contributed by atoms with Crippen LogP contribution >= 0.6 is 28.1 Å². The summed E-state index contributed by atoms with van der Waals surface area (Å²) in [5.41, 5.74) is 1.80. The molecule has 5 nitrogen and oxygen atoms in total. The Morgan fingerprint density at radius 2 is 2.08 bits per heavy atom. The normalized spacial score (nSPS) is 11.2. The summed E-state index contributed by atoms with van der Waals surface area (Å²) in [6.45, 7) is 2.54. The van der Waals surface area contributed by atoms with Gasteiger partial charge in [-0.2, -0.15) is 14.9 Å². The molecule has 0 fully saturated rings. The van der Waals surface area contributed by atoms with E-state index in [1.54, 1.807) is 23.0 Å². The van der Waals surface area contributed by atoms with Gasteiger partial charge in [0.2, 0.25) is 4.77 Å². The van der Waals surface area contributed by atoms with Gasteiger partial charge in [-0.05, 0) is 76.5 Å². The van der Waals surface area contributed by atoms with Crippen LogP contribution in [0.2, 0.25) is 0 Å². The topological polar surface area (TPSA) is 55.2 Å². The van der Waals surface area contributed by atoms with E-state index in [9.17, 15) is 4.39 Å². The van der Waals surface area contributed by atoms with Crippen LogP contribution in [0.1, 0.15) is 23.9 Å². The first-order valence-electron chi connectivity index (χ1n) is 7.94. The second-order valence-electron chi connectivity index (χ2n) is 5.43. The Labute approximate surface area is 163 Å². The minimum Gasteiger partial charge on any atom is -0.493 e. The third-order valence-corrected chi connectivity index (χ3v) is 4.45. The third kappa shape index (κ3) is 4.44. The zero-order valence-corrected chi connectivity index (χ0v) is 16.3. The van der Waals surface area contributed by atoms with Gasteiger partial charge in [-0.1, -0.05) is 12.1 Å². The predicted molar refractivity (Wildman–Crippen MR) is 105 cm³/mol. The van der Waals surface area contributed by atoms with Crippen LogP contribution in [0.4, 0.5) is 4.39 Å². The van der Waals surface area contributed by atoms with E-state index in [1.807, 2.05) is 25.1 Å². The van der Waals surface area contributed by atoms with E-state index < -0.39 is 0 Å². The molecule has 0 atom stereocenters. The summed E-state index contributed by atoms with van der Waals surface area (Å²) < 4.78 is 21.3. The lowest BCUT2D eigenvalue weighted by molar-refractivity contribution is 0.338. The van der Waals surface area contributed by atoms with Crippen molar-refractivity contribution in [1.82, 2.24) is 14.9 Å². The van der Waals surface area contributed by atoms with Gasteiger partial charge in [-0.3, -0.25) is 5.10 Å². The lowest BCUT2D eigenvalue weighted by Gasteiger charge is -2.06. The summed E-state index contributed by atoms with van der Waals surface area (Å²) in [4.78, 5) is 0. The Bertz CT molecular complexity index is 982. The Hall–Kier alpha value is -2.32. The second kappa shape index (κ2) is 8.37. The van der Waals surface area contributed by atoms with Gasteiger partial charge in [-0.15, -0.1) is 0 Å². The highest BCUT2D eigenvalue weighted by molar-refractivity contribution is 9.10. The Kier molecular flexibility index (Phi) is 5.95. The molecule has 8 heteroatoms. The van der Waals surface area contributed by atoms with Crippen LogP contribution in [0, 0.1) is 10.6 Å². The standard InChI is InChI=1S/C18H16BrFN4OS/c1-2-25-16-8-5-13(9-15(16)19)11-21-24-17(22-23-18(24)26)10-12-3-6-14(20)7-4-12/h3-9,11H,2,10H2,1H3,(H,23,26)/b21-11-. The SMILES string of the molecule is CCOc1ccc(/C=N\n2c(Cc3ccc(F)cc3)n[nH]c2=S)cc1Br. The Morgan fingerprint density at radius 1 is 1.31 bits per heavy atom. The lowest BCUT2D eigenvalue weighted by atomic mass is 10.1. The van der Waals surface area contributed by atoms with Gasteiger partial charge in [0.05, 0.1) is 17.3 Å². The fourth-order valence-electron chi connectivity index (χ4n) is 2.34. The number of hydrogen-bond donors (Lipinski definition) is 1. The number of nitrogens with zero attached hydrogens (tertiary/aromatic N) is 3. The maximum Gasteiger partial charge on any atom is 0.216 e. The fraction of sp³-hybridized carbons (Fsp3) is 0.167. The molecule has 0 saturated carbocycles. The molecule has 134 valence electrons. The van der Waals surface area contributed by atoms with Gasteiger partial charge < -0.3 is 4.74 Å². The van der Waals surface area contributed by atoms with Crippen molar-refractivity contribution < 1.29 is 9.13 Å². The molecule has 0 amide bonds. The maximum atomic E-state index is 13.0. The molecular weight excluding hydrogens is 419 g/mol. The number of aromatic amines is 1. The van der Waals surface area contributed by atoms with Crippen molar-refractivity contribution >= 4 is 34.4 Å². The summed E-state index contributed by atoms with van der Waals surface area (Å²) in [5.74, 6) is 1.15. The molecule has 0 radical (unpaired) electrons. The zero-order chi connectivity index (χ0) is 18.5. The second-order valence-corrected chi connectivity index (χ2v) is 6.67. The average Bonchev–Trinajstić information content (AvgIpc) is 2.97. The molecule has 2 aromatic carbocycles. The molecule has 1 N–H and O–H groups in total. The minimum absolute atomic E-state index is 0.272. The van der Waals surface area contributed by atoms with Gasteiger partial charge in [0, 0.05) is 6.42 Å².